The highest BCUT2D eigenvalue weighted by atomic mass is 35.5. The van der Waals surface area contributed by atoms with Crippen LogP contribution in [0.5, 0.6) is 0 Å². The Morgan fingerprint density at radius 3 is 2.81 bits per heavy atom. The maximum atomic E-state index is 13.7. The lowest BCUT2D eigenvalue weighted by Gasteiger charge is -2.36. The molecule has 0 radical (unpaired) electrons. The third kappa shape index (κ3) is 4.75. The second kappa shape index (κ2) is 9.33. The Labute approximate surface area is 192 Å². The van der Waals surface area contributed by atoms with Gasteiger partial charge in [0.25, 0.3) is 5.92 Å². The largest absolute Gasteiger partial charge is 0.369 e. The molecule has 2 aromatic heterocycles. The van der Waals surface area contributed by atoms with Crippen LogP contribution < -0.4 is 10.6 Å². The van der Waals surface area contributed by atoms with Gasteiger partial charge in [0.15, 0.2) is 0 Å². The number of benzene rings is 1. The first-order chi connectivity index (χ1) is 15.3. The van der Waals surface area contributed by atoms with E-state index in [1.54, 1.807) is 6.07 Å². The number of halogens is 3. The third-order valence-corrected chi connectivity index (χ3v) is 6.46. The summed E-state index contributed by atoms with van der Waals surface area (Å²) < 4.78 is 27.5. The van der Waals surface area contributed by atoms with Crippen LogP contribution in [-0.2, 0) is 12.3 Å². The fourth-order valence-electron chi connectivity index (χ4n) is 4.58. The summed E-state index contributed by atoms with van der Waals surface area (Å²) in [6.07, 6.45) is 1.97. The van der Waals surface area contributed by atoms with Crippen molar-refractivity contribution in [1.82, 2.24) is 20.2 Å². The molecule has 0 bridgehead atoms. The van der Waals surface area contributed by atoms with Gasteiger partial charge >= 0.3 is 0 Å². The highest BCUT2D eigenvalue weighted by molar-refractivity contribution is 6.31. The number of hydrogen-bond acceptors (Lipinski definition) is 4. The van der Waals surface area contributed by atoms with Crippen molar-refractivity contribution < 1.29 is 8.78 Å². The molecule has 0 amide bonds. The van der Waals surface area contributed by atoms with Crippen LogP contribution in [-0.4, -0.2) is 48.1 Å². The third-order valence-electron chi connectivity index (χ3n) is 6.15. The molecule has 3 heterocycles. The van der Waals surface area contributed by atoms with Crippen molar-refractivity contribution in [2.45, 2.75) is 38.7 Å². The number of nitrogens with one attached hydrogen (secondary N) is 3. The quantitative estimate of drug-likeness (QED) is 0.428. The Morgan fingerprint density at radius 2 is 2.06 bits per heavy atom. The highest BCUT2D eigenvalue weighted by Gasteiger charge is 2.31. The molecule has 0 spiro atoms. The zero-order valence-electron chi connectivity index (χ0n) is 18.7. The second-order valence-electron chi connectivity index (χ2n) is 8.60. The SMILES string of the molecule is CNCCC1c2[nH]c3ccc(C)cc3c2CCN1CCNc1ccc(Cl)c(C(C)(F)F)n1. The zero-order chi connectivity index (χ0) is 22.9. The summed E-state index contributed by atoms with van der Waals surface area (Å²) in [6, 6.07) is 9.96. The van der Waals surface area contributed by atoms with Crippen LogP contribution in [0.4, 0.5) is 14.6 Å². The number of alkyl halides is 2. The Morgan fingerprint density at radius 1 is 1.25 bits per heavy atom. The Bertz CT molecular complexity index is 1090. The average molecular weight is 462 g/mol. The van der Waals surface area contributed by atoms with Gasteiger partial charge in [0.1, 0.15) is 11.5 Å². The number of aromatic nitrogens is 2. The van der Waals surface area contributed by atoms with Crippen LogP contribution >= 0.6 is 11.6 Å². The molecule has 4 rings (SSSR count). The van der Waals surface area contributed by atoms with Crippen molar-refractivity contribution in [2.75, 3.05) is 38.5 Å². The minimum Gasteiger partial charge on any atom is -0.369 e. The molecular formula is C24H30ClF2N5. The van der Waals surface area contributed by atoms with Gasteiger partial charge in [-0.3, -0.25) is 4.90 Å². The number of nitrogens with zero attached hydrogens (tertiary/aromatic N) is 2. The van der Waals surface area contributed by atoms with E-state index >= 15 is 0 Å². The summed E-state index contributed by atoms with van der Waals surface area (Å²) in [4.78, 5) is 10.2. The van der Waals surface area contributed by atoms with Crippen molar-refractivity contribution in [3.05, 3.63) is 57.9 Å². The van der Waals surface area contributed by atoms with Crippen molar-refractivity contribution in [2.24, 2.45) is 0 Å². The van der Waals surface area contributed by atoms with Gasteiger partial charge in [0, 0.05) is 43.2 Å². The predicted molar refractivity (Wildman–Crippen MR) is 127 cm³/mol. The van der Waals surface area contributed by atoms with Crippen LogP contribution in [0.2, 0.25) is 5.02 Å². The topological polar surface area (TPSA) is 56.0 Å². The van der Waals surface area contributed by atoms with Gasteiger partial charge in [-0.1, -0.05) is 23.2 Å². The van der Waals surface area contributed by atoms with E-state index in [4.69, 9.17) is 11.6 Å². The minimum atomic E-state index is -3.08. The van der Waals surface area contributed by atoms with Gasteiger partial charge in [-0.25, -0.2) is 4.98 Å². The molecule has 0 fully saturated rings. The highest BCUT2D eigenvalue weighted by Crippen LogP contribution is 2.36. The van der Waals surface area contributed by atoms with Crippen molar-refractivity contribution in [3.8, 4) is 0 Å². The molecule has 0 saturated heterocycles. The van der Waals surface area contributed by atoms with E-state index in [0.29, 0.717) is 12.4 Å². The van der Waals surface area contributed by atoms with Crippen molar-refractivity contribution in [3.63, 3.8) is 0 Å². The monoisotopic (exact) mass is 461 g/mol. The van der Waals surface area contributed by atoms with Gasteiger partial charge in [-0.05, 0) is 63.2 Å². The standard InChI is InChI=1S/C24H30ClF2N5/c1-15-4-6-19-17(14-15)16-9-12-32(20(8-10-28-3)22(16)30-19)13-11-29-21-7-5-18(25)23(31-21)24(2,26)27/h4-7,14,20,28,30H,8-13H2,1-3H3,(H,29,31). The Balaban J connectivity index is 1.49. The van der Waals surface area contributed by atoms with Gasteiger partial charge < -0.3 is 15.6 Å². The van der Waals surface area contributed by atoms with E-state index in [1.807, 2.05) is 7.05 Å². The van der Waals surface area contributed by atoms with Gasteiger partial charge in [0.05, 0.1) is 11.1 Å². The molecule has 5 nitrogen and oxygen atoms in total. The lowest BCUT2D eigenvalue weighted by atomic mass is 9.95. The average Bonchev–Trinajstić information content (AvgIpc) is 3.11. The molecule has 1 atom stereocenters. The fraction of sp³-hybridized carbons (Fsp3) is 0.458. The van der Waals surface area contributed by atoms with Crippen LogP contribution in [0.1, 0.15) is 41.9 Å². The predicted octanol–water partition coefficient (Wildman–Crippen LogP) is 5.26. The summed E-state index contributed by atoms with van der Waals surface area (Å²) in [7, 11) is 1.97. The number of hydrogen-bond donors (Lipinski definition) is 3. The second-order valence-corrected chi connectivity index (χ2v) is 9.01. The molecule has 3 aromatic rings. The molecule has 0 aliphatic carbocycles. The van der Waals surface area contributed by atoms with E-state index < -0.39 is 11.6 Å². The number of anilines is 1. The number of fused-ring (bicyclic) bond motifs is 3. The molecule has 3 N–H and O–H groups in total. The molecule has 0 saturated carbocycles. The first kappa shape index (κ1) is 23.0. The van der Waals surface area contributed by atoms with Gasteiger partial charge in [-0.2, -0.15) is 8.78 Å². The van der Waals surface area contributed by atoms with Crippen LogP contribution in [0.15, 0.2) is 30.3 Å². The van der Waals surface area contributed by atoms with Gasteiger partial charge in [0.2, 0.25) is 0 Å². The van der Waals surface area contributed by atoms with Gasteiger partial charge in [-0.15, -0.1) is 0 Å². The lowest BCUT2D eigenvalue weighted by molar-refractivity contribution is 0.0130. The van der Waals surface area contributed by atoms with E-state index in [-0.39, 0.29) is 11.1 Å². The molecular weight excluding hydrogens is 432 g/mol. The summed E-state index contributed by atoms with van der Waals surface area (Å²) in [6.45, 7) is 6.19. The van der Waals surface area contributed by atoms with E-state index in [2.05, 4.69) is 50.6 Å². The molecule has 8 heteroatoms. The first-order valence-electron chi connectivity index (χ1n) is 11.1. The maximum absolute atomic E-state index is 13.7. The maximum Gasteiger partial charge on any atom is 0.288 e. The van der Waals surface area contributed by atoms with E-state index in [9.17, 15) is 8.78 Å². The fourth-order valence-corrected chi connectivity index (χ4v) is 4.85. The molecule has 1 unspecified atom stereocenters. The van der Waals surface area contributed by atoms with Crippen LogP contribution in [0.25, 0.3) is 10.9 Å². The van der Waals surface area contributed by atoms with Crippen molar-refractivity contribution >= 4 is 28.3 Å². The summed E-state index contributed by atoms with van der Waals surface area (Å²) >= 11 is 5.91. The van der Waals surface area contributed by atoms with E-state index in [1.165, 1.54) is 33.8 Å². The Kier molecular flexibility index (Phi) is 6.70. The number of aryl methyl sites for hydroxylation is 1. The zero-order valence-corrected chi connectivity index (χ0v) is 19.5. The Hall–Kier alpha value is -2.22. The number of pyridine rings is 1. The van der Waals surface area contributed by atoms with Crippen LogP contribution in [0, 0.1) is 6.92 Å². The summed E-state index contributed by atoms with van der Waals surface area (Å²) in [5.74, 6) is -2.67. The number of aromatic amines is 1. The number of rotatable bonds is 8. The summed E-state index contributed by atoms with van der Waals surface area (Å²) in [5, 5.41) is 7.77. The first-order valence-corrected chi connectivity index (χ1v) is 11.4. The normalized spacial score (nSPS) is 17.0. The van der Waals surface area contributed by atoms with Crippen LogP contribution in [0.3, 0.4) is 0 Å². The molecule has 1 aliphatic heterocycles. The summed E-state index contributed by atoms with van der Waals surface area (Å²) in [5.41, 5.74) is 4.78. The molecule has 32 heavy (non-hydrogen) atoms. The van der Waals surface area contributed by atoms with E-state index in [0.717, 1.165) is 39.4 Å². The smallest absolute Gasteiger partial charge is 0.288 e. The number of H-pyrrole nitrogens is 1. The molecule has 172 valence electrons. The lowest BCUT2D eigenvalue weighted by Crippen LogP contribution is -2.39. The molecule has 1 aliphatic rings. The minimum absolute atomic E-state index is 0.0206. The molecule has 1 aromatic carbocycles. The van der Waals surface area contributed by atoms with Crippen molar-refractivity contribution in [1.29, 1.82) is 0 Å².